The molecule has 76 valence electrons. The maximum Gasteiger partial charge on any atom is 0.276 e. The topological polar surface area (TPSA) is 70.7 Å². The second kappa shape index (κ2) is 3.87. The Balaban J connectivity index is 2.11. The second-order valence-corrected chi connectivity index (χ2v) is 2.75. The van der Waals surface area contributed by atoms with Gasteiger partial charge in [0.1, 0.15) is 11.5 Å². The minimum absolute atomic E-state index is 0.132. The molecule has 0 radical (unpaired) electrons. The van der Waals surface area contributed by atoms with Crippen LogP contribution < -0.4 is 5.32 Å². The number of H-pyrrole nitrogens is 1. The first-order valence-corrected chi connectivity index (χ1v) is 4.18. The van der Waals surface area contributed by atoms with Crippen molar-refractivity contribution in [2.75, 3.05) is 5.32 Å². The molecule has 0 aliphatic rings. The van der Waals surface area contributed by atoms with Crippen LogP contribution in [0.4, 0.5) is 10.3 Å². The lowest BCUT2D eigenvalue weighted by Gasteiger charge is -2.00. The minimum Gasteiger partial charge on any atom is -0.331 e. The number of carbonyl (C=O) groups is 1. The van der Waals surface area contributed by atoms with Crippen molar-refractivity contribution in [1.82, 2.24) is 15.0 Å². The number of aromatic nitrogens is 3. The number of carbonyl (C=O) groups excluding carboxylic acids is 1. The standard InChI is InChI=1S/C9H7FN4O/c10-6-1-2-7(13-5-6)8(15)14-9-11-3-4-12-9/h1-5H,(H2,11,12,14,15). The predicted molar refractivity (Wildman–Crippen MR) is 50.7 cm³/mol. The average Bonchev–Trinajstić information content (AvgIpc) is 2.71. The van der Waals surface area contributed by atoms with Crippen LogP contribution in [0.15, 0.2) is 30.7 Å². The summed E-state index contributed by atoms with van der Waals surface area (Å²) in [5.41, 5.74) is 0.132. The monoisotopic (exact) mass is 206 g/mol. The lowest BCUT2D eigenvalue weighted by atomic mass is 10.3. The zero-order valence-electron chi connectivity index (χ0n) is 7.57. The average molecular weight is 206 g/mol. The number of anilines is 1. The third kappa shape index (κ3) is 2.16. The van der Waals surface area contributed by atoms with Gasteiger partial charge >= 0.3 is 0 Å². The molecule has 2 rings (SSSR count). The van der Waals surface area contributed by atoms with Gasteiger partial charge in [0.05, 0.1) is 6.20 Å². The predicted octanol–water partition coefficient (Wildman–Crippen LogP) is 1.20. The van der Waals surface area contributed by atoms with E-state index in [1.807, 2.05) is 0 Å². The van der Waals surface area contributed by atoms with Crippen LogP contribution in [0.25, 0.3) is 0 Å². The lowest BCUT2D eigenvalue weighted by molar-refractivity contribution is 0.102. The molecule has 0 fully saturated rings. The van der Waals surface area contributed by atoms with E-state index in [0.29, 0.717) is 5.95 Å². The molecule has 0 saturated heterocycles. The Morgan fingerprint density at radius 1 is 1.40 bits per heavy atom. The number of aromatic amines is 1. The first-order valence-electron chi connectivity index (χ1n) is 4.18. The van der Waals surface area contributed by atoms with E-state index in [2.05, 4.69) is 20.3 Å². The molecule has 0 aliphatic heterocycles. The molecule has 0 saturated carbocycles. The number of halogens is 1. The molecule has 0 bridgehead atoms. The summed E-state index contributed by atoms with van der Waals surface area (Å²) < 4.78 is 12.5. The Kier molecular flexibility index (Phi) is 2.40. The Bertz CT molecular complexity index is 451. The Morgan fingerprint density at radius 2 is 2.27 bits per heavy atom. The van der Waals surface area contributed by atoms with Crippen molar-refractivity contribution in [2.45, 2.75) is 0 Å². The number of nitrogens with one attached hydrogen (secondary N) is 2. The van der Waals surface area contributed by atoms with Gasteiger partial charge in [0.15, 0.2) is 0 Å². The number of rotatable bonds is 2. The van der Waals surface area contributed by atoms with Gasteiger partial charge in [0.2, 0.25) is 5.95 Å². The molecule has 0 spiro atoms. The van der Waals surface area contributed by atoms with Crippen molar-refractivity contribution in [3.63, 3.8) is 0 Å². The van der Waals surface area contributed by atoms with E-state index in [0.717, 1.165) is 6.20 Å². The van der Waals surface area contributed by atoms with Crippen molar-refractivity contribution < 1.29 is 9.18 Å². The van der Waals surface area contributed by atoms with Crippen LogP contribution in [0.3, 0.4) is 0 Å². The van der Waals surface area contributed by atoms with Crippen LogP contribution in [-0.2, 0) is 0 Å². The Hall–Kier alpha value is -2.24. The minimum atomic E-state index is -0.482. The van der Waals surface area contributed by atoms with Crippen LogP contribution in [0.2, 0.25) is 0 Å². The number of nitrogens with zero attached hydrogens (tertiary/aromatic N) is 2. The molecular weight excluding hydrogens is 199 g/mol. The maximum absolute atomic E-state index is 12.5. The van der Waals surface area contributed by atoms with Gasteiger partial charge in [-0.25, -0.2) is 14.4 Å². The fourth-order valence-electron chi connectivity index (χ4n) is 1.02. The van der Waals surface area contributed by atoms with Gasteiger partial charge in [-0.2, -0.15) is 0 Å². The zero-order chi connectivity index (χ0) is 10.7. The molecule has 0 atom stereocenters. The summed E-state index contributed by atoms with van der Waals surface area (Å²) in [4.78, 5) is 21.6. The van der Waals surface area contributed by atoms with E-state index in [4.69, 9.17) is 0 Å². The van der Waals surface area contributed by atoms with Crippen molar-refractivity contribution in [1.29, 1.82) is 0 Å². The maximum atomic E-state index is 12.5. The third-order valence-electron chi connectivity index (χ3n) is 1.69. The Morgan fingerprint density at radius 3 is 2.87 bits per heavy atom. The van der Waals surface area contributed by atoms with Crippen LogP contribution in [-0.4, -0.2) is 20.9 Å². The fourth-order valence-corrected chi connectivity index (χ4v) is 1.02. The summed E-state index contributed by atoms with van der Waals surface area (Å²) in [7, 11) is 0. The van der Waals surface area contributed by atoms with E-state index in [9.17, 15) is 9.18 Å². The van der Waals surface area contributed by atoms with Crippen LogP contribution in [0.1, 0.15) is 10.5 Å². The first-order chi connectivity index (χ1) is 7.25. The van der Waals surface area contributed by atoms with Crippen LogP contribution in [0.5, 0.6) is 0 Å². The highest BCUT2D eigenvalue weighted by atomic mass is 19.1. The van der Waals surface area contributed by atoms with Gasteiger partial charge in [-0.15, -0.1) is 0 Å². The summed E-state index contributed by atoms with van der Waals surface area (Å²) in [6.07, 6.45) is 4.07. The number of hydrogen-bond donors (Lipinski definition) is 2. The van der Waals surface area contributed by atoms with Crippen molar-refractivity contribution in [2.24, 2.45) is 0 Å². The molecule has 5 nitrogen and oxygen atoms in total. The first kappa shape index (κ1) is 9.32. The quantitative estimate of drug-likeness (QED) is 0.775. The molecule has 1 amide bonds. The third-order valence-corrected chi connectivity index (χ3v) is 1.69. The molecule has 2 aromatic heterocycles. The number of pyridine rings is 1. The zero-order valence-corrected chi connectivity index (χ0v) is 7.57. The number of hydrogen-bond acceptors (Lipinski definition) is 3. The highest BCUT2D eigenvalue weighted by Gasteiger charge is 2.08. The van der Waals surface area contributed by atoms with Crippen molar-refractivity contribution in [3.8, 4) is 0 Å². The van der Waals surface area contributed by atoms with E-state index in [1.165, 1.54) is 18.3 Å². The largest absolute Gasteiger partial charge is 0.331 e. The van der Waals surface area contributed by atoms with Gasteiger partial charge in [0, 0.05) is 12.4 Å². The summed E-state index contributed by atoms with van der Waals surface area (Å²) in [6, 6.07) is 2.47. The highest BCUT2D eigenvalue weighted by Crippen LogP contribution is 2.02. The smallest absolute Gasteiger partial charge is 0.276 e. The molecule has 2 heterocycles. The van der Waals surface area contributed by atoms with Gasteiger partial charge in [-0.3, -0.25) is 10.1 Å². The summed E-state index contributed by atoms with van der Waals surface area (Å²) >= 11 is 0. The number of imidazole rings is 1. The number of amides is 1. The van der Waals surface area contributed by atoms with Crippen LogP contribution >= 0.6 is 0 Å². The lowest BCUT2D eigenvalue weighted by Crippen LogP contribution is -2.14. The Labute approximate surface area is 84.4 Å². The SMILES string of the molecule is O=C(Nc1ncc[nH]1)c1ccc(F)cn1. The normalized spacial score (nSPS) is 9.93. The molecule has 6 heteroatoms. The summed E-state index contributed by atoms with van der Waals surface area (Å²) in [6.45, 7) is 0. The molecule has 0 aliphatic carbocycles. The van der Waals surface area contributed by atoms with Gasteiger partial charge in [-0.05, 0) is 12.1 Å². The van der Waals surface area contributed by atoms with Crippen molar-refractivity contribution >= 4 is 11.9 Å². The van der Waals surface area contributed by atoms with Gasteiger partial charge in [0.25, 0.3) is 5.91 Å². The van der Waals surface area contributed by atoms with Crippen molar-refractivity contribution in [3.05, 3.63) is 42.2 Å². The van der Waals surface area contributed by atoms with E-state index in [-0.39, 0.29) is 5.69 Å². The molecule has 0 unspecified atom stereocenters. The fraction of sp³-hybridized carbons (Fsp3) is 0. The van der Waals surface area contributed by atoms with E-state index >= 15 is 0 Å². The van der Waals surface area contributed by atoms with Gasteiger partial charge in [-0.1, -0.05) is 0 Å². The summed E-state index contributed by atoms with van der Waals surface area (Å²) in [5.74, 6) is -0.597. The summed E-state index contributed by atoms with van der Waals surface area (Å²) in [5, 5.41) is 2.47. The molecular formula is C9H7FN4O. The van der Waals surface area contributed by atoms with Crippen LogP contribution in [0, 0.1) is 5.82 Å². The van der Waals surface area contributed by atoms with Gasteiger partial charge < -0.3 is 4.98 Å². The second-order valence-electron chi connectivity index (χ2n) is 2.75. The van der Waals surface area contributed by atoms with E-state index in [1.54, 1.807) is 6.20 Å². The molecule has 15 heavy (non-hydrogen) atoms. The highest BCUT2D eigenvalue weighted by molar-refractivity contribution is 6.01. The molecule has 2 N–H and O–H groups in total. The molecule has 0 aromatic carbocycles. The molecule has 2 aromatic rings. The van der Waals surface area contributed by atoms with E-state index < -0.39 is 11.7 Å².